The maximum absolute atomic E-state index is 11.1. The van der Waals surface area contributed by atoms with Gasteiger partial charge in [-0.15, -0.1) is 11.3 Å². The molecule has 2 rings (SSSR count). The van der Waals surface area contributed by atoms with Crippen molar-refractivity contribution in [3.8, 4) is 0 Å². The molecule has 0 saturated heterocycles. The molecule has 1 aromatic rings. The van der Waals surface area contributed by atoms with Crippen LogP contribution in [0.2, 0.25) is 0 Å². The van der Waals surface area contributed by atoms with Crippen LogP contribution >= 0.6 is 11.3 Å². The summed E-state index contributed by atoms with van der Waals surface area (Å²) in [4.78, 5) is 15.5. The van der Waals surface area contributed by atoms with Crippen molar-refractivity contribution in [3.63, 3.8) is 0 Å². The first-order valence-electron chi connectivity index (χ1n) is 5.28. The number of methoxy groups -OCH3 is 2. The number of nitrogens with zero attached hydrogens (tertiary/aromatic N) is 1. The van der Waals surface area contributed by atoms with Crippen molar-refractivity contribution in [3.05, 3.63) is 16.1 Å². The normalized spacial score (nSPS) is 17.1. The molecule has 1 aromatic heterocycles. The number of carbonyl (C=O) groups excluding carboxylic acids is 1. The van der Waals surface area contributed by atoms with E-state index < -0.39 is 0 Å². The average molecular weight is 241 g/mol. The minimum absolute atomic E-state index is 0.108. The Bertz CT molecular complexity index is 373. The smallest absolute Gasteiger partial charge is 0.311 e. The van der Waals surface area contributed by atoms with Gasteiger partial charge in [-0.25, -0.2) is 4.98 Å². The molecule has 4 nitrogen and oxygen atoms in total. The van der Waals surface area contributed by atoms with Gasteiger partial charge in [0.05, 0.1) is 19.2 Å². The molecular formula is C11H15NO3S. The molecule has 1 fully saturated rings. The summed E-state index contributed by atoms with van der Waals surface area (Å²) >= 11 is 1.56. The second-order valence-corrected chi connectivity index (χ2v) is 4.81. The topological polar surface area (TPSA) is 48.4 Å². The molecule has 1 heterocycles. The maximum atomic E-state index is 11.1. The molecule has 0 aromatic carbocycles. The van der Waals surface area contributed by atoms with Gasteiger partial charge >= 0.3 is 5.97 Å². The van der Waals surface area contributed by atoms with E-state index in [4.69, 9.17) is 4.74 Å². The molecular weight excluding hydrogens is 226 g/mol. The SMILES string of the molecule is COC(=O)Cc1csc(C(OC)C2CC2)n1. The molecule has 1 aliphatic carbocycles. The number of rotatable bonds is 5. The van der Waals surface area contributed by atoms with Crippen LogP contribution in [0.4, 0.5) is 0 Å². The van der Waals surface area contributed by atoms with Crippen LogP contribution in [-0.4, -0.2) is 25.2 Å². The molecule has 16 heavy (non-hydrogen) atoms. The number of aromatic nitrogens is 1. The fourth-order valence-corrected chi connectivity index (χ4v) is 2.63. The van der Waals surface area contributed by atoms with Crippen molar-refractivity contribution in [2.24, 2.45) is 5.92 Å². The molecule has 1 unspecified atom stereocenters. The van der Waals surface area contributed by atoms with Crippen LogP contribution in [0.3, 0.4) is 0 Å². The Kier molecular flexibility index (Phi) is 3.56. The van der Waals surface area contributed by atoms with Crippen LogP contribution in [-0.2, 0) is 20.7 Å². The molecule has 0 N–H and O–H groups in total. The molecule has 5 heteroatoms. The lowest BCUT2D eigenvalue weighted by Gasteiger charge is -2.10. The average Bonchev–Trinajstić information content (AvgIpc) is 3.01. The quantitative estimate of drug-likeness (QED) is 0.739. The second kappa shape index (κ2) is 4.93. The number of carbonyl (C=O) groups is 1. The van der Waals surface area contributed by atoms with Gasteiger partial charge in [0.25, 0.3) is 0 Å². The van der Waals surface area contributed by atoms with Crippen LogP contribution < -0.4 is 0 Å². The Balaban J connectivity index is 2.03. The highest BCUT2D eigenvalue weighted by molar-refractivity contribution is 7.09. The Morgan fingerprint density at radius 3 is 2.94 bits per heavy atom. The van der Waals surface area contributed by atoms with Gasteiger partial charge in [0.15, 0.2) is 0 Å². The summed E-state index contributed by atoms with van der Waals surface area (Å²) in [6, 6.07) is 0. The molecule has 1 aliphatic rings. The van der Waals surface area contributed by atoms with Crippen LogP contribution in [0.25, 0.3) is 0 Å². The van der Waals surface area contributed by atoms with Crippen LogP contribution in [0, 0.1) is 5.92 Å². The zero-order valence-electron chi connectivity index (χ0n) is 9.43. The Morgan fingerprint density at radius 2 is 2.38 bits per heavy atom. The Morgan fingerprint density at radius 1 is 1.62 bits per heavy atom. The minimum Gasteiger partial charge on any atom is -0.469 e. The summed E-state index contributed by atoms with van der Waals surface area (Å²) in [5.41, 5.74) is 0.773. The zero-order valence-corrected chi connectivity index (χ0v) is 10.3. The van der Waals surface area contributed by atoms with E-state index >= 15 is 0 Å². The largest absolute Gasteiger partial charge is 0.469 e. The van der Waals surface area contributed by atoms with E-state index in [2.05, 4.69) is 9.72 Å². The van der Waals surface area contributed by atoms with Crippen molar-refractivity contribution in [2.75, 3.05) is 14.2 Å². The predicted molar refractivity (Wildman–Crippen MR) is 60.3 cm³/mol. The molecule has 88 valence electrons. The summed E-state index contributed by atoms with van der Waals surface area (Å²) in [6.07, 6.45) is 2.78. The van der Waals surface area contributed by atoms with Gasteiger partial charge in [0.1, 0.15) is 11.1 Å². The fourth-order valence-electron chi connectivity index (χ4n) is 1.65. The van der Waals surface area contributed by atoms with Crippen molar-refractivity contribution < 1.29 is 14.3 Å². The first-order chi connectivity index (χ1) is 7.74. The Hall–Kier alpha value is -0.940. The van der Waals surface area contributed by atoms with Crippen molar-refractivity contribution in [2.45, 2.75) is 25.4 Å². The standard InChI is InChI=1S/C11H15NO3S/c1-14-9(13)5-8-6-16-11(12-8)10(15-2)7-3-4-7/h6-7,10H,3-5H2,1-2H3. The van der Waals surface area contributed by atoms with Crippen LogP contribution in [0.5, 0.6) is 0 Å². The zero-order chi connectivity index (χ0) is 11.5. The maximum Gasteiger partial charge on any atom is 0.311 e. The first kappa shape index (κ1) is 11.5. The van der Waals surface area contributed by atoms with Gasteiger partial charge in [0.2, 0.25) is 0 Å². The van der Waals surface area contributed by atoms with E-state index in [1.165, 1.54) is 20.0 Å². The minimum atomic E-state index is -0.253. The highest BCUT2D eigenvalue weighted by atomic mass is 32.1. The summed E-state index contributed by atoms with van der Waals surface area (Å²) in [7, 11) is 3.10. The van der Waals surface area contributed by atoms with E-state index in [9.17, 15) is 4.79 Å². The molecule has 0 radical (unpaired) electrons. The predicted octanol–water partition coefficient (Wildman–Crippen LogP) is 1.96. The van der Waals surface area contributed by atoms with E-state index in [0.29, 0.717) is 5.92 Å². The molecule has 0 bridgehead atoms. The third kappa shape index (κ3) is 2.59. The van der Waals surface area contributed by atoms with Gasteiger partial charge in [-0.1, -0.05) is 0 Å². The van der Waals surface area contributed by atoms with Gasteiger partial charge in [-0.05, 0) is 18.8 Å². The van der Waals surface area contributed by atoms with E-state index in [1.807, 2.05) is 5.38 Å². The van der Waals surface area contributed by atoms with Gasteiger partial charge in [-0.2, -0.15) is 0 Å². The monoisotopic (exact) mass is 241 g/mol. The number of hydrogen-bond donors (Lipinski definition) is 0. The van der Waals surface area contributed by atoms with Crippen molar-refractivity contribution in [1.82, 2.24) is 4.98 Å². The summed E-state index contributed by atoms with van der Waals surface area (Å²) in [6.45, 7) is 0. The first-order valence-corrected chi connectivity index (χ1v) is 6.16. The van der Waals surface area contributed by atoms with E-state index in [0.717, 1.165) is 10.7 Å². The highest BCUT2D eigenvalue weighted by Crippen LogP contribution is 2.43. The number of esters is 1. The van der Waals surface area contributed by atoms with Gasteiger partial charge in [0, 0.05) is 12.5 Å². The summed E-state index contributed by atoms with van der Waals surface area (Å²) < 4.78 is 10.0. The lowest BCUT2D eigenvalue weighted by molar-refractivity contribution is -0.139. The molecule has 0 amide bonds. The summed E-state index contributed by atoms with van der Waals surface area (Å²) in [5, 5.41) is 2.88. The highest BCUT2D eigenvalue weighted by Gasteiger charge is 2.34. The van der Waals surface area contributed by atoms with Gasteiger partial charge < -0.3 is 9.47 Å². The third-order valence-corrected chi connectivity index (χ3v) is 3.63. The second-order valence-electron chi connectivity index (χ2n) is 3.92. The molecule has 1 saturated carbocycles. The number of hydrogen-bond acceptors (Lipinski definition) is 5. The van der Waals surface area contributed by atoms with Crippen LogP contribution in [0.15, 0.2) is 5.38 Å². The van der Waals surface area contributed by atoms with E-state index in [1.54, 1.807) is 18.4 Å². The fraction of sp³-hybridized carbons (Fsp3) is 0.636. The van der Waals surface area contributed by atoms with E-state index in [-0.39, 0.29) is 18.5 Å². The lowest BCUT2D eigenvalue weighted by Crippen LogP contribution is -2.06. The third-order valence-electron chi connectivity index (χ3n) is 2.67. The Labute approximate surface area is 98.6 Å². The van der Waals surface area contributed by atoms with Crippen molar-refractivity contribution in [1.29, 1.82) is 0 Å². The van der Waals surface area contributed by atoms with Crippen molar-refractivity contribution >= 4 is 17.3 Å². The lowest BCUT2D eigenvalue weighted by atomic mass is 10.2. The molecule has 0 spiro atoms. The molecule has 1 atom stereocenters. The van der Waals surface area contributed by atoms with Gasteiger partial charge in [-0.3, -0.25) is 4.79 Å². The summed E-state index contributed by atoms with van der Waals surface area (Å²) in [5.74, 6) is 0.361. The number of thiazole rings is 1. The van der Waals surface area contributed by atoms with Crippen LogP contribution in [0.1, 0.15) is 29.6 Å². The molecule has 0 aliphatic heterocycles. The number of ether oxygens (including phenoxy) is 2.